The number of sulfone groups is 1. The van der Waals surface area contributed by atoms with Crippen molar-refractivity contribution >= 4 is 9.84 Å². The summed E-state index contributed by atoms with van der Waals surface area (Å²) in [5.74, 6) is 0.567. The molecule has 0 amide bonds. The topological polar surface area (TPSA) is 69.6 Å². The lowest BCUT2D eigenvalue weighted by atomic mass is 10.2. The van der Waals surface area contributed by atoms with Crippen molar-refractivity contribution in [3.63, 3.8) is 0 Å². The molecule has 1 saturated carbocycles. The molecule has 0 aromatic heterocycles. The Balaban J connectivity index is 1.80. The molecule has 17 heavy (non-hydrogen) atoms. The van der Waals surface area contributed by atoms with Crippen LogP contribution in [0.15, 0.2) is 0 Å². The minimum Gasteiger partial charge on any atom is -0.395 e. The average Bonchev–Trinajstić information content (AvgIpc) is 3.08. The van der Waals surface area contributed by atoms with Gasteiger partial charge in [-0.05, 0) is 25.8 Å². The zero-order valence-corrected chi connectivity index (χ0v) is 11.0. The fourth-order valence-corrected chi connectivity index (χ4v) is 3.54. The third-order valence-corrected chi connectivity index (χ3v) is 5.11. The van der Waals surface area contributed by atoms with Gasteiger partial charge in [-0.1, -0.05) is 0 Å². The van der Waals surface area contributed by atoms with Gasteiger partial charge < -0.3 is 15.3 Å². The van der Waals surface area contributed by atoms with Crippen LogP contribution in [0.2, 0.25) is 0 Å². The lowest BCUT2D eigenvalue weighted by Gasteiger charge is -2.25. The van der Waals surface area contributed by atoms with Crippen LogP contribution in [-0.2, 0) is 9.84 Å². The number of aliphatic hydroxyl groups is 1. The molecule has 5 nitrogen and oxygen atoms in total. The quantitative estimate of drug-likeness (QED) is 0.680. The Morgan fingerprint density at radius 2 is 2.06 bits per heavy atom. The third kappa shape index (κ3) is 4.54. The summed E-state index contributed by atoms with van der Waals surface area (Å²) < 4.78 is 22.9. The lowest BCUT2D eigenvalue weighted by Crippen LogP contribution is -2.45. The van der Waals surface area contributed by atoms with Gasteiger partial charge in [0, 0.05) is 25.2 Å². The second-order valence-corrected chi connectivity index (χ2v) is 7.43. The van der Waals surface area contributed by atoms with Gasteiger partial charge in [0.2, 0.25) is 0 Å². The van der Waals surface area contributed by atoms with Crippen molar-refractivity contribution in [3.8, 4) is 0 Å². The molecule has 100 valence electrons. The Hall–Kier alpha value is -0.170. The molecular formula is C11H22N2O3S. The summed E-state index contributed by atoms with van der Waals surface area (Å²) in [4.78, 5) is 2.15. The Bertz CT molecular complexity index is 341. The van der Waals surface area contributed by atoms with E-state index in [2.05, 4.69) is 10.2 Å². The van der Waals surface area contributed by atoms with Crippen LogP contribution in [0.5, 0.6) is 0 Å². The number of nitrogens with one attached hydrogen (secondary N) is 1. The number of hydrogen-bond donors (Lipinski definition) is 2. The van der Waals surface area contributed by atoms with Crippen LogP contribution in [0.25, 0.3) is 0 Å². The fourth-order valence-electron chi connectivity index (χ4n) is 2.23. The van der Waals surface area contributed by atoms with Gasteiger partial charge >= 0.3 is 0 Å². The first-order valence-corrected chi connectivity index (χ1v) is 8.21. The van der Waals surface area contributed by atoms with Crippen LogP contribution < -0.4 is 5.32 Å². The average molecular weight is 262 g/mol. The molecule has 0 aromatic rings. The van der Waals surface area contributed by atoms with E-state index in [1.165, 1.54) is 12.8 Å². The zero-order valence-electron chi connectivity index (χ0n) is 10.1. The van der Waals surface area contributed by atoms with Crippen molar-refractivity contribution in [2.75, 3.05) is 37.7 Å². The van der Waals surface area contributed by atoms with E-state index < -0.39 is 9.84 Å². The van der Waals surface area contributed by atoms with Gasteiger partial charge in [-0.25, -0.2) is 8.42 Å². The van der Waals surface area contributed by atoms with Crippen molar-refractivity contribution in [1.29, 1.82) is 0 Å². The predicted molar refractivity (Wildman–Crippen MR) is 66.7 cm³/mol. The smallest absolute Gasteiger partial charge is 0.151 e. The van der Waals surface area contributed by atoms with E-state index in [0.717, 1.165) is 13.1 Å². The molecule has 1 heterocycles. The zero-order chi connectivity index (χ0) is 12.3. The van der Waals surface area contributed by atoms with Gasteiger partial charge in [0.25, 0.3) is 0 Å². The third-order valence-electron chi connectivity index (χ3n) is 3.40. The standard InChI is InChI=1S/C11H22N2O3S/c14-9-11(12-10-2-3-10)8-13-4-1-6-17(15,16)7-5-13/h10-12,14H,1-9H2. The Labute approximate surface area is 103 Å². The summed E-state index contributed by atoms with van der Waals surface area (Å²) in [6.07, 6.45) is 3.11. The van der Waals surface area contributed by atoms with Gasteiger partial charge in [0.1, 0.15) is 0 Å². The number of rotatable bonds is 5. The molecule has 2 fully saturated rings. The van der Waals surface area contributed by atoms with Crippen LogP contribution in [0.3, 0.4) is 0 Å². The first-order chi connectivity index (χ1) is 8.09. The highest BCUT2D eigenvalue weighted by molar-refractivity contribution is 7.91. The normalized spacial score (nSPS) is 27.6. The molecule has 1 unspecified atom stereocenters. The Morgan fingerprint density at radius 3 is 2.71 bits per heavy atom. The Kier molecular flexibility index (Phi) is 4.41. The molecule has 1 aliphatic heterocycles. The van der Waals surface area contributed by atoms with Crippen LogP contribution in [0.4, 0.5) is 0 Å². The summed E-state index contributed by atoms with van der Waals surface area (Å²) in [6, 6.07) is 0.658. The first kappa shape index (κ1) is 13.3. The largest absolute Gasteiger partial charge is 0.395 e. The van der Waals surface area contributed by atoms with Crippen molar-refractivity contribution in [2.45, 2.75) is 31.3 Å². The van der Waals surface area contributed by atoms with E-state index in [4.69, 9.17) is 0 Å². The fraction of sp³-hybridized carbons (Fsp3) is 1.00. The highest BCUT2D eigenvalue weighted by Crippen LogP contribution is 2.19. The van der Waals surface area contributed by atoms with E-state index in [0.29, 0.717) is 24.8 Å². The van der Waals surface area contributed by atoms with E-state index in [9.17, 15) is 13.5 Å². The van der Waals surface area contributed by atoms with E-state index in [-0.39, 0.29) is 18.4 Å². The van der Waals surface area contributed by atoms with Gasteiger partial charge in [-0.3, -0.25) is 0 Å². The Morgan fingerprint density at radius 1 is 1.29 bits per heavy atom. The molecule has 6 heteroatoms. The molecule has 1 saturated heterocycles. The van der Waals surface area contributed by atoms with Crippen molar-refractivity contribution in [2.24, 2.45) is 0 Å². The van der Waals surface area contributed by atoms with E-state index in [1.54, 1.807) is 0 Å². The number of hydrogen-bond acceptors (Lipinski definition) is 5. The van der Waals surface area contributed by atoms with Crippen LogP contribution in [-0.4, -0.2) is 68.3 Å². The molecule has 2 N–H and O–H groups in total. The van der Waals surface area contributed by atoms with Crippen LogP contribution in [0.1, 0.15) is 19.3 Å². The molecular weight excluding hydrogens is 240 g/mol. The highest BCUT2D eigenvalue weighted by Gasteiger charge is 2.26. The summed E-state index contributed by atoms with van der Waals surface area (Å²) in [5, 5.41) is 12.7. The van der Waals surface area contributed by atoms with Gasteiger partial charge in [0.05, 0.1) is 18.1 Å². The number of aliphatic hydroxyl groups excluding tert-OH is 1. The van der Waals surface area contributed by atoms with Gasteiger partial charge in [-0.15, -0.1) is 0 Å². The molecule has 0 radical (unpaired) electrons. The summed E-state index contributed by atoms with van der Waals surface area (Å²) in [5.41, 5.74) is 0. The maximum atomic E-state index is 11.5. The highest BCUT2D eigenvalue weighted by atomic mass is 32.2. The van der Waals surface area contributed by atoms with Crippen molar-refractivity contribution < 1.29 is 13.5 Å². The van der Waals surface area contributed by atoms with E-state index >= 15 is 0 Å². The molecule has 0 spiro atoms. The summed E-state index contributed by atoms with van der Waals surface area (Å²) in [7, 11) is -2.83. The summed E-state index contributed by atoms with van der Waals surface area (Å²) >= 11 is 0. The van der Waals surface area contributed by atoms with Gasteiger partial charge in [0.15, 0.2) is 9.84 Å². The van der Waals surface area contributed by atoms with Crippen LogP contribution in [0, 0.1) is 0 Å². The summed E-state index contributed by atoms with van der Waals surface area (Å²) in [6.45, 7) is 2.30. The number of nitrogens with zero attached hydrogens (tertiary/aromatic N) is 1. The predicted octanol–water partition coefficient (Wildman–Crippen LogP) is -0.780. The SMILES string of the molecule is O=S1(=O)CCCN(CC(CO)NC2CC2)CC1. The maximum Gasteiger partial charge on any atom is 0.151 e. The molecule has 1 aliphatic carbocycles. The molecule has 0 aromatic carbocycles. The maximum absolute atomic E-state index is 11.5. The van der Waals surface area contributed by atoms with Crippen LogP contribution >= 0.6 is 0 Å². The second-order valence-electron chi connectivity index (χ2n) is 5.13. The van der Waals surface area contributed by atoms with Crippen molar-refractivity contribution in [3.05, 3.63) is 0 Å². The lowest BCUT2D eigenvalue weighted by molar-refractivity contribution is 0.186. The van der Waals surface area contributed by atoms with Gasteiger partial charge in [-0.2, -0.15) is 0 Å². The molecule has 2 aliphatic rings. The monoisotopic (exact) mass is 262 g/mol. The molecule has 2 rings (SSSR count). The second kappa shape index (κ2) is 5.65. The van der Waals surface area contributed by atoms with Crippen molar-refractivity contribution in [1.82, 2.24) is 10.2 Å². The van der Waals surface area contributed by atoms with E-state index in [1.807, 2.05) is 0 Å². The molecule has 1 atom stereocenters. The minimum atomic E-state index is -2.83. The molecule has 0 bridgehead atoms. The first-order valence-electron chi connectivity index (χ1n) is 6.39. The minimum absolute atomic E-state index is 0.0864.